The lowest BCUT2D eigenvalue weighted by Gasteiger charge is -2.57. The molecular weight excluding hydrogens is 635 g/mol. The summed E-state index contributed by atoms with van der Waals surface area (Å²) in [5, 5.41) is 2.78. The van der Waals surface area contributed by atoms with Gasteiger partial charge < -0.3 is 4.90 Å². The lowest BCUT2D eigenvalue weighted by Crippen LogP contribution is -2.48. The van der Waals surface area contributed by atoms with Gasteiger partial charge in [-0.2, -0.15) is 0 Å². The van der Waals surface area contributed by atoms with Crippen molar-refractivity contribution in [1.29, 1.82) is 0 Å². The first-order valence-electron chi connectivity index (χ1n) is 20.0. The molecule has 0 radical (unpaired) electrons. The minimum Gasteiger partial charge on any atom is -0.310 e. The second kappa shape index (κ2) is 11.3. The van der Waals surface area contributed by atoms with Crippen molar-refractivity contribution in [2.75, 3.05) is 4.90 Å². The summed E-state index contributed by atoms with van der Waals surface area (Å²) in [7, 11) is 0. The van der Waals surface area contributed by atoms with Crippen molar-refractivity contribution in [1.82, 2.24) is 0 Å². The summed E-state index contributed by atoms with van der Waals surface area (Å²) in [5.41, 5.74) is 12.9. The van der Waals surface area contributed by atoms with Gasteiger partial charge in [0.1, 0.15) is 0 Å². The normalized spacial score (nSPS) is 26.1. The van der Waals surface area contributed by atoms with Crippen LogP contribution in [0.15, 0.2) is 103 Å². The molecule has 0 saturated heterocycles. The molecule has 256 valence electrons. The molecule has 4 bridgehead atoms. The molecule has 2 heteroatoms. The Labute approximate surface area is 307 Å². The van der Waals surface area contributed by atoms with Gasteiger partial charge in [0, 0.05) is 42.6 Å². The summed E-state index contributed by atoms with van der Waals surface area (Å²) in [6, 6.07) is 40.9. The highest BCUT2D eigenvalue weighted by atomic mass is 32.1. The van der Waals surface area contributed by atoms with E-state index in [2.05, 4.69) is 122 Å². The van der Waals surface area contributed by atoms with E-state index < -0.39 is 0 Å². The molecule has 6 aliphatic rings. The fourth-order valence-corrected chi connectivity index (χ4v) is 13.4. The van der Waals surface area contributed by atoms with Crippen molar-refractivity contribution < 1.29 is 0 Å². The molecule has 51 heavy (non-hydrogen) atoms. The van der Waals surface area contributed by atoms with Crippen LogP contribution < -0.4 is 4.90 Å². The number of rotatable bonds is 5. The maximum atomic E-state index is 2.54. The zero-order valence-electron chi connectivity index (χ0n) is 30.3. The Bertz CT molecular complexity index is 2260. The lowest BCUT2D eigenvalue weighted by molar-refractivity contribution is -0.00518. The molecule has 0 unspecified atom stereocenters. The molecule has 12 rings (SSSR count). The second-order valence-electron chi connectivity index (χ2n) is 17.9. The van der Waals surface area contributed by atoms with E-state index in [0.717, 1.165) is 17.8 Å². The lowest BCUT2D eigenvalue weighted by atomic mass is 9.48. The van der Waals surface area contributed by atoms with Crippen LogP contribution in [-0.2, 0) is 10.8 Å². The molecule has 0 amide bonds. The third-order valence-electron chi connectivity index (χ3n) is 14.4. The van der Waals surface area contributed by atoms with Gasteiger partial charge in [0.2, 0.25) is 0 Å². The number of fused-ring (bicyclic) bond motifs is 6. The molecule has 1 aromatic heterocycles. The number of benzene rings is 5. The van der Waals surface area contributed by atoms with Crippen LogP contribution in [0.5, 0.6) is 0 Å². The van der Waals surface area contributed by atoms with Crippen LogP contribution in [0.1, 0.15) is 113 Å². The van der Waals surface area contributed by atoms with Crippen molar-refractivity contribution >= 4 is 48.6 Å². The predicted octanol–water partition coefficient (Wildman–Crippen LogP) is 14.3. The predicted molar refractivity (Wildman–Crippen MR) is 217 cm³/mol. The Morgan fingerprint density at radius 3 is 1.90 bits per heavy atom. The Kier molecular flexibility index (Phi) is 6.81. The van der Waals surface area contributed by atoms with E-state index in [1.807, 2.05) is 11.3 Å². The summed E-state index contributed by atoms with van der Waals surface area (Å²) in [4.78, 5) is 2.54. The Morgan fingerprint density at radius 1 is 0.569 bits per heavy atom. The average Bonchev–Trinajstić information content (AvgIpc) is 3.62. The van der Waals surface area contributed by atoms with Gasteiger partial charge in [-0.1, -0.05) is 81.6 Å². The van der Waals surface area contributed by atoms with E-state index in [-0.39, 0.29) is 5.41 Å². The molecule has 0 spiro atoms. The van der Waals surface area contributed by atoms with Crippen LogP contribution in [0, 0.1) is 17.8 Å². The Morgan fingerprint density at radius 2 is 1.20 bits per heavy atom. The molecular formula is C49H49NS. The minimum absolute atomic E-state index is 0.0865. The van der Waals surface area contributed by atoms with Gasteiger partial charge in [-0.3, -0.25) is 0 Å². The summed E-state index contributed by atoms with van der Waals surface area (Å²) in [6.07, 6.45) is 15.5. The number of nitrogens with zero attached hydrogens (tertiary/aromatic N) is 1. The largest absolute Gasteiger partial charge is 0.310 e. The maximum Gasteiger partial charge on any atom is 0.0465 e. The summed E-state index contributed by atoms with van der Waals surface area (Å²) in [5.74, 6) is 3.60. The van der Waals surface area contributed by atoms with E-state index in [4.69, 9.17) is 0 Å². The molecule has 6 aromatic rings. The van der Waals surface area contributed by atoms with Crippen molar-refractivity contribution in [3.63, 3.8) is 0 Å². The molecule has 5 saturated carbocycles. The third kappa shape index (κ3) is 4.77. The van der Waals surface area contributed by atoms with Crippen LogP contribution in [-0.4, -0.2) is 0 Å². The van der Waals surface area contributed by atoms with Crippen LogP contribution >= 0.6 is 11.3 Å². The van der Waals surface area contributed by atoms with E-state index in [9.17, 15) is 0 Å². The molecule has 6 aliphatic carbocycles. The van der Waals surface area contributed by atoms with E-state index in [0.29, 0.717) is 11.3 Å². The minimum atomic E-state index is -0.0865. The standard InChI is InChI=1S/C49H49NS/c1-48(2)44-25-39(20-21-40(44)42-27-47-43(26-45(42)48)41-10-6-7-11-46(41)51-47)50(37-16-12-35(13-17-37)34-8-4-3-5-9-34)38-18-14-36(15-19-38)49-28-31-22-32(29-49)24-33(23-31)30-49/h6-7,10-21,25-27,31-34H,3-5,8-9,22-24,28-30H2,1-2H3. The van der Waals surface area contributed by atoms with E-state index in [1.165, 1.54) is 136 Å². The van der Waals surface area contributed by atoms with E-state index in [1.54, 1.807) is 5.56 Å². The maximum absolute atomic E-state index is 2.54. The molecule has 0 aliphatic heterocycles. The van der Waals surface area contributed by atoms with Crippen LogP contribution in [0.2, 0.25) is 0 Å². The highest BCUT2D eigenvalue weighted by Crippen LogP contribution is 2.61. The SMILES string of the molecule is CC1(C)c2cc(N(c3ccc(C4CCCCC4)cc3)c3ccc(C45CC6CC(CC(C6)C4)C5)cc3)ccc2-c2cc3sc4ccccc4c3cc21. The van der Waals surface area contributed by atoms with Crippen molar-refractivity contribution in [2.45, 2.75) is 101 Å². The van der Waals surface area contributed by atoms with Crippen LogP contribution in [0.25, 0.3) is 31.3 Å². The van der Waals surface area contributed by atoms with Crippen molar-refractivity contribution in [3.8, 4) is 11.1 Å². The number of hydrogen-bond acceptors (Lipinski definition) is 2. The smallest absolute Gasteiger partial charge is 0.0465 e. The van der Waals surface area contributed by atoms with Gasteiger partial charge in [0.05, 0.1) is 0 Å². The number of anilines is 3. The highest BCUT2D eigenvalue weighted by Gasteiger charge is 2.51. The molecule has 1 nitrogen and oxygen atoms in total. The molecule has 5 aromatic carbocycles. The quantitative estimate of drug-likeness (QED) is 0.175. The second-order valence-corrected chi connectivity index (χ2v) is 18.9. The molecule has 1 heterocycles. The summed E-state index contributed by atoms with van der Waals surface area (Å²) >= 11 is 1.93. The van der Waals surface area contributed by atoms with Gasteiger partial charge in [-0.15, -0.1) is 11.3 Å². The third-order valence-corrected chi connectivity index (χ3v) is 15.6. The topological polar surface area (TPSA) is 3.24 Å². The summed E-state index contributed by atoms with van der Waals surface area (Å²) < 4.78 is 2.77. The molecule has 0 atom stereocenters. The van der Waals surface area contributed by atoms with Crippen molar-refractivity contribution in [3.05, 3.63) is 125 Å². The summed E-state index contributed by atoms with van der Waals surface area (Å²) in [6.45, 7) is 4.87. The molecule has 5 fully saturated rings. The first-order valence-corrected chi connectivity index (χ1v) is 20.8. The van der Waals surface area contributed by atoms with Crippen LogP contribution in [0.4, 0.5) is 17.1 Å². The number of hydrogen-bond donors (Lipinski definition) is 0. The van der Waals surface area contributed by atoms with E-state index >= 15 is 0 Å². The monoisotopic (exact) mass is 683 g/mol. The van der Waals surface area contributed by atoms with Crippen molar-refractivity contribution in [2.24, 2.45) is 17.8 Å². The van der Waals surface area contributed by atoms with Crippen LogP contribution in [0.3, 0.4) is 0 Å². The van der Waals surface area contributed by atoms with Gasteiger partial charge in [0.25, 0.3) is 0 Å². The van der Waals surface area contributed by atoms with Gasteiger partial charge >= 0.3 is 0 Å². The zero-order valence-corrected chi connectivity index (χ0v) is 31.1. The first kappa shape index (κ1) is 30.7. The molecule has 0 N–H and O–H groups in total. The number of thiophene rings is 1. The van der Waals surface area contributed by atoms with Gasteiger partial charge in [-0.25, -0.2) is 0 Å². The average molecular weight is 684 g/mol. The first-order chi connectivity index (χ1) is 24.9. The zero-order chi connectivity index (χ0) is 33.9. The Hall–Kier alpha value is -3.88. The fourth-order valence-electron chi connectivity index (χ4n) is 12.3. The highest BCUT2D eigenvalue weighted by molar-refractivity contribution is 7.25. The van der Waals surface area contributed by atoms with Gasteiger partial charge in [0.15, 0.2) is 0 Å². The Balaban J connectivity index is 1.00. The fraction of sp³-hybridized carbons (Fsp3) is 0.388. The van der Waals surface area contributed by atoms with Gasteiger partial charge in [-0.05, 0) is 168 Å².